The van der Waals surface area contributed by atoms with E-state index in [1.807, 2.05) is 49.4 Å². The Hall–Kier alpha value is -2.99. The minimum absolute atomic E-state index is 0.0603. The van der Waals surface area contributed by atoms with Crippen molar-refractivity contribution < 1.29 is 9.59 Å². The van der Waals surface area contributed by atoms with Crippen LogP contribution in [0.15, 0.2) is 54.6 Å². The van der Waals surface area contributed by atoms with Crippen LogP contribution >= 0.6 is 11.3 Å². The second kappa shape index (κ2) is 8.14. The lowest BCUT2D eigenvalue weighted by atomic mass is 10.1. The average Bonchev–Trinajstić information content (AvgIpc) is 3.09. The number of nitrogens with one attached hydrogen (secondary N) is 1. The van der Waals surface area contributed by atoms with E-state index in [1.165, 1.54) is 11.3 Å². The van der Waals surface area contributed by atoms with Crippen molar-refractivity contribution in [2.75, 3.05) is 14.1 Å². The Morgan fingerprint density at radius 2 is 1.74 bits per heavy atom. The summed E-state index contributed by atoms with van der Waals surface area (Å²) in [7, 11) is 3.38. The molecule has 1 aromatic heterocycles. The molecule has 2 aromatic carbocycles. The molecule has 27 heavy (non-hydrogen) atoms. The highest BCUT2D eigenvalue weighted by atomic mass is 32.1. The number of carbonyl (C=O) groups excluding carboxylic acids is 2. The van der Waals surface area contributed by atoms with Crippen molar-refractivity contribution >= 4 is 23.2 Å². The smallest absolute Gasteiger partial charge is 0.266 e. The molecule has 0 saturated carbocycles. The van der Waals surface area contributed by atoms with Gasteiger partial charge in [0.15, 0.2) is 0 Å². The standard InChI is InChI=1S/C21H21N3O2S/c1-14-23-18(16-7-5-4-6-8-16)19(27-14)21(26)24(3)13-15-9-11-17(12-10-15)20(25)22-2/h4-12H,13H2,1-3H3,(H,22,25). The molecule has 0 radical (unpaired) electrons. The third-order valence-electron chi connectivity index (χ3n) is 4.19. The molecule has 0 saturated heterocycles. The van der Waals surface area contributed by atoms with Crippen molar-refractivity contribution in [1.29, 1.82) is 0 Å². The maximum atomic E-state index is 13.0. The number of hydrogen-bond donors (Lipinski definition) is 1. The van der Waals surface area contributed by atoms with Gasteiger partial charge in [0, 0.05) is 31.8 Å². The first-order valence-corrected chi connectivity index (χ1v) is 9.40. The first kappa shape index (κ1) is 18.8. The maximum absolute atomic E-state index is 13.0. The molecule has 2 amide bonds. The number of rotatable bonds is 5. The second-order valence-electron chi connectivity index (χ2n) is 6.21. The van der Waals surface area contributed by atoms with Gasteiger partial charge in [-0.2, -0.15) is 0 Å². The lowest BCUT2D eigenvalue weighted by Gasteiger charge is -2.17. The highest BCUT2D eigenvalue weighted by Crippen LogP contribution is 2.29. The number of thiazole rings is 1. The summed E-state index contributed by atoms with van der Waals surface area (Å²) in [4.78, 5) is 31.5. The van der Waals surface area contributed by atoms with Gasteiger partial charge in [-0.05, 0) is 24.6 Å². The average molecular weight is 379 g/mol. The maximum Gasteiger partial charge on any atom is 0.266 e. The molecule has 0 unspecified atom stereocenters. The second-order valence-corrected chi connectivity index (χ2v) is 7.42. The van der Waals surface area contributed by atoms with Crippen molar-refractivity contribution in [3.05, 3.63) is 75.6 Å². The molecule has 0 aliphatic heterocycles. The first-order chi connectivity index (χ1) is 13.0. The number of hydrogen-bond acceptors (Lipinski definition) is 4. The Kier molecular flexibility index (Phi) is 5.66. The molecule has 138 valence electrons. The number of amides is 2. The minimum Gasteiger partial charge on any atom is -0.355 e. The van der Waals surface area contributed by atoms with Gasteiger partial charge < -0.3 is 10.2 Å². The first-order valence-electron chi connectivity index (χ1n) is 8.59. The summed E-state index contributed by atoms with van der Waals surface area (Å²) >= 11 is 1.41. The van der Waals surface area contributed by atoms with E-state index in [-0.39, 0.29) is 11.8 Å². The van der Waals surface area contributed by atoms with Crippen LogP contribution in [0.2, 0.25) is 0 Å². The van der Waals surface area contributed by atoms with Crippen molar-refractivity contribution in [3.8, 4) is 11.3 Å². The van der Waals surface area contributed by atoms with Gasteiger partial charge in [0.1, 0.15) is 4.88 Å². The number of carbonyl (C=O) groups is 2. The summed E-state index contributed by atoms with van der Waals surface area (Å²) in [5, 5.41) is 3.46. The third-order valence-corrected chi connectivity index (χ3v) is 5.14. The molecule has 0 aliphatic carbocycles. The van der Waals surface area contributed by atoms with Gasteiger partial charge in [-0.1, -0.05) is 42.5 Å². The zero-order valence-corrected chi connectivity index (χ0v) is 16.3. The Morgan fingerprint density at radius 3 is 2.37 bits per heavy atom. The summed E-state index contributed by atoms with van der Waals surface area (Å²) in [6.07, 6.45) is 0. The fourth-order valence-corrected chi connectivity index (χ4v) is 3.72. The molecule has 0 aliphatic rings. The van der Waals surface area contributed by atoms with Gasteiger partial charge in [-0.25, -0.2) is 4.98 Å². The van der Waals surface area contributed by atoms with Crippen molar-refractivity contribution in [3.63, 3.8) is 0 Å². The fourth-order valence-electron chi connectivity index (χ4n) is 2.79. The molecule has 0 spiro atoms. The van der Waals surface area contributed by atoms with Crippen molar-refractivity contribution in [2.24, 2.45) is 0 Å². The van der Waals surface area contributed by atoms with Crippen LogP contribution in [0, 0.1) is 6.92 Å². The Balaban J connectivity index is 1.79. The Morgan fingerprint density at radius 1 is 1.07 bits per heavy atom. The van der Waals surface area contributed by atoms with E-state index in [2.05, 4.69) is 10.3 Å². The predicted octanol–water partition coefficient (Wildman–Crippen LogP) is 3.75. The molecular weight excluding hydrogens is 358 g/mol. The number of nitrogens with zero attached hydrogens (tertiary/aromatic N) is 2. The van der Waals surface area contributed by atoms with E-state index >= 15 is 0 Å². The van der Waals surface area contributed by atoms with E-state index in [0.29, 0.717) is 17.0 Å². The number of benzene rings is 2. The van der Waals surface area contributed by atoms with Gasteiger partial charge in [0.25, 0.3) is 11.8 Å². The molecule has 0 bridgehead atoms. The van der Waals surface area contributed by atoms with Gasteiger partial charge in [-0.3, -0.25) is 9.59 Å². The number of aromatic nitrogens is 1. The highest BCUT2D eigenvalue weighted by Gasteiger charge is 2.21. The van der Waals surface area contributed by atoms with Gasteiger partial charge in [0.05, 0.1) is 10.7 Å². The topological polar surface area (TPSA) is 62.3 Å². The summed E-state index contributed by atoms with van der Waals surface area (Å²) in [5.41, 5.74) is 3.22. The lowest BCUT2D eigenvalue weighted by molar-refractivity contribution is 0.0790. The monoisotopic (exact) mass is 379 g/mol. The largest absolute Gasteiger partial charge is 0.355 e. The molecule has 1 heterocycles. The van der Waals surface area contributed by atoms with Crippen molar-refractivity contribution in [2.45, 2.75) is 13.5 Å². The summed E-state index contributed by atoms with van der Waals surface area (Å²) < 4.78 is 0. The van der Waals surface area contributed by atoms with Gasteiger partial charge in [0.2, 0.25) is 0 Å². The van der Waals surface area contributed by atoms with E-state index in [0.717, 1.165) is 21.8 Å². The molecule has 3 rings (SSSR count). The van der Waals surface area contributed by atoms with Crippen LogP contribution in [-0.2, 0) is 6.54 Å². The summed E-state index contributed by atoms with van der Waals surface area (Å²) in [6.45, 7) is 2.36. The van der Waals surface area contributed by atoms with Crippen LogP contribution in [0.25, 0.3) is 11.3 Å². The zero-order valence-electron chi connectivity index (χ0n) is 15.5. The predicted molar refractivity (Wildman–Crippen MR) is 108 cm³/mol. The fraction of sp³-hybridized carbons (Fsp3) is 0.190. The molecule has 3 aromatic rings. The van der Waals surface area contributed by atoms with Crippen LogP contribution in [0.5, 0.6) is 0 Å². The van der Waals surface area contributed by atoms with Crippen LogP contribution in [0.3, 0.4) is 0 Å². The third kappa shape index (κ3) is 4.23. The Labute approximate surface area is 162 Å². The molecule has 6 heteroatoms. The van der Waals surface area contributed by atoms with Crippen LogP contribution < -0.4 is 5.32 Å². The molecule has 1 N–H and O–H groups in total. The van der Waals surface area contributed by atoms with Gasteiger partial charge >= 0.3 is 0 Å². The minimum atomic E-state index is -0.126. The van der Waals surface area contributed by atoms with Crippen LogP contribution in [0.4, 0.5) is 0 Å². The summed E-state index contributed by atoms with van der Waals surface area (Å²) in [5.74, 6) is -0.187. The molecular formula is C21H21N3O2S. The lowest BCUT2D eigenvalue weighted by Crippen LogP contribution is -2.26. The van der Waals surface area contributed by atoms with E-state index in [9.17, 15) is 9.59 Å². The summed E-state index contributed by atoms with van der Waals surface area (Å²) in [6, 6.07) is 17.0. The van der Waals surface area contributed by atoms with E-state index in [1.54, 1.807) is 31.1 Å². The normalized spacial score (nSPS) is 10.5. The quantitative estimate of drug-likeness (QED) is 0.734. The Bertz CT molecular complexity index is 949. The van der Waals surface area contributed by atoms with Crippen LogP contribution in [0.1, 0.15) is 30.6 Å². The van der Waals surface area contributed by atoms with E-state index < -0.39 is 0 Å². The van der Waals surface area contributed by atoms with E-state index in [4.69, 9.17) is 0 Å². The highest BCUT2D eigenvalue weighted by molar-refractivity contribution is 7.14. The zero-order chi connectivity index (χ0) is 19.4. The van der Waals surface area contributed by atoms with Crippen molar-refractivity contribution in [1.82, 2.24) is 15.2 Å². The number of aryl methyl sites for hydroxylation is 1. The van der Waals surface area contributed by atoms with Crippen LogP contribution in [-0.4, -0.2) is 35.8 Å². The molecule has 5 nitrogen and oxygen atoms in total. The molecule has 0 fully saturated rings. The van der Waals surface area contributed by atoms with Gasteiger partial charge in [-0.15, -0.1) is 11.3 Å². The SMILES string of the molecule is CNC(=O)c1ccc(CN(C)C(=O)c2sc(C)nc2-c2ccccc2)cc1. The molecule has 0 atom stereocenters.